The van der Waals surface area contributed by atoms with Gasteiger partial charge in [0.25, 0.3) is 0 Å². The zero-order valence-electron chi connectivity index (χ0n) is 13.0. The van der Waals surface area contributed by atoms with Gasteiger partial charge in [0.2, 0.25) is 0 Å². The second kappa shape index (κ2) is 6.19. The second-order valence-corrected chi connectivity index (χ2v) is 5.98. The van der Waals surface area contributed by atoms with Gasteiger partial charge in [0.05, 0.1) is 0 Å². The molecule has 0 aliphatic heterocycles. The molecule has 109 valence electrons. The zero-order chi connectivity index (χ0) is 15.4. The van der Waals surface area contributed by atoms with Gasteiger partial charge in [-0.1, -0.05) is 90.5 Å². The fraction of sp³-hybridized carbons (Fsp3) is 0.136. The Bertz CT molecular complexity index is 711. The maximum Gasteiger partial charge on any atom is 0.0243 e. The first-order chi connectivity index (χ1) is 10.7. The Morgan fingerprint density at radius 3 is 1.77 bits per heavy atom. The molecule has 3 aromatic rings. The minimum absolute atomic E-state index is 0.268. The van der Waals surface area contributed by atoms with Crippen LogP contribution in [0, 0.1) is 13.8 Å². The molecule has 0 heteroatoms. The molecule has 3 rings (SSSR count). The zero-order valence-corrected chi connectivity index (χ0v) is 13.0. The van der Waals surface area contributed by atoms with E-state index < -0.39 is 0 Å². The molecule has 1 unspecified atom stereocenters. The normalized spacial score (nSPS) is 13.5. The summed E-state index contributed by atoms with van der Waals surface area (Å²) in [6, 6.07) is 29.9. The predicted molar refractivity (Wildman–Crippen MR) is 93.9 cm³/mol. The van der Waals surface area contributed by atoms with Crippen molar-refractivity contribution in [2.24, 2.45) is 0 Å². The lowest BCUT2D eigenvalue weighted by Gasteiger charge is -2.31. The Kier molecular flexibility index (Phi) is 4.11. The third kappa shape index (κ3) is 2.96. The van der Waals surface area contributed by atoms with Gasteiger partial charge in [0.1, 0.15) is 0 Å². The van der Waals surface area contributed by atoms with Gasteiger partial charge in [-0.05, 0) is 37.0 Å². The summed E-state index contributed by atoms with van der Waals surface area (Å²) in [6.07, 6.45) is 0.890. The van der Waals surface area contributed by atoms with Gasteiger partial charge < -0.3 is 0 Å². The largest absolute Gasteiger partial charge is 0.0622 e. The van der Waals surface area contributed by atoms with Crippen molar-refractivity contribution >= 4 is 0 Å². The lowest BCUT2D eigenvalue weighted by Crippen LogP contribution is -2.27. The highest BCUT2D eigenvalue weighted by Crippen LogP contribution is 2.35. The molecule has 0 saturated carbocycles. The van der Waals surface area contributed by atoms with Gasteiger partial charge in [-0.2, -0.15) is 0 Å². The number of hydrogen-bond donors (Lipinski definition) is 0. The van der Waals surface area contributed by atoms with E-state index in [0.29, 0.717) is 0 Å². The van der Waals surface area contributed by atoms with Crippen molar-refractivity contribution in [3.8, 4) is 0 Å². The average molecular weight is 285 g/mol. The summed E-state index contributed by atoms with van der Waals surface area (Å²) >= 11 is 0. The fourth-order valence-electron chi connectivity index (χ4n) is 2.94. The van der Waals surface area contributed by atoms with Crippen molar-refractivity contribution in [3.63, 3.8) is 0 Å². The van der Waals surface area contributed by atoms with Crippen molar-refractivity contribution in [2.75, 3.05) is 0 Å². The Balaban J connectivity index is 2.07. The molecule has 22 heavy (non-hydrogen) atoms. The van der Waals surface area contributed by atoms with E-state index in [2.05, 4.69) is 98.8 Å². The van der Waals surface area contributed by atoms with Crippen LogP contribution in [0.15, 0.2) is 84.9 Å². The van der Waals surface area contributed by atoms with Crippen LogP contribution in [0.25, 0.3) is 0 Å². The van der Waals surface area contributed by atoms with Crippen LogP contribution in [0.4, 0.5) is 0 Å². The molecule has 0 N–H and O–H groups in total. The summed E-state index contributed by atoms with van der Waals surface area (Å²) in [5.41, 5.74) is 4.83. The number of rotatable bonds is 4. The molecule has 0 heterocycles. The Labute approximate surface area is 133 Å². The summed E-state index contributed by atoms with van der Waals surface area (Å²) in [7, 11) is 0. The van der Waals surface area contributed by atoms with Crippen molar-refractivity contribution in [2.45, 2.75) is 18.8 Å². The summed E-state index contributed by atoms with van der Waals surface area (Å²) in [6.45, 7) is 6.75. The van der Waals surface area contributed by atoms with Crippen LogP contribution in [0.1, 0.15) is 22.3 Å². The second-order valence-electron chi connectivity index (χ2n) is 5.98. The minimum Gasteiger partial charge on any atom is -0.0622 e. The molecule has 0 spiro atoms. The monoisotopic (exact) mass is 285 g/mol. The first-order valence-electron chi connectivity index (χ1n) is 7.70. The number of aryl methyl sites for hydroxylation is 1. The Hall–Kier alpha value is -2.34. The van der Waals surface area contributed by atoms with Gasteiger partial charge in [-0.25, -0.2) is 0 Å². The summed E-state index contributed by atoms with van der Waals surface area (Å²) in [5, 5.41) is 0. The van der Waals surface area contributed by atoms with E-state index in [9.17, 15) is 0 Å². The quantitative estimate of drug-likeness (QED) is 0.605. The van der Waals surface area contributed by atoms with Gasteiger partial charge in [0, 0.05) is 5.41 Å². The van der Waals surface area contributed by atoms with Crippen LogP contribution in [-0.4, -0.2) is 0 Å². The highest BCUT2D eigenvalue weighted by molar-refractivity contribution is 5.43. The van der Waals surface area contributed by atoms with Crippen LogP contribution >= 0.6 is 0 Å². The molecule has 0 nitrogen and oxygen atoms in total. The molecule has 0 aliphatic rings. The third-order valence-electron chi connectivity index (χ3n) is 4.28. The summed E-state index contributed by atoms with van der Waals surface area (Å²) in [4.78, 5) is 0. The number of benzene rings is 3. The highest BCUT2D eigenvalue weighted by Gasteiger charge is 2.29. The van der Waals surface area contributed by atoms with Crippen molar-refractivity contribution < 1.29 is 0 Å². The van der Waals surface area contributed by atoms with Gasteiger partial charge in [0.15, 0.2) is 0 Å². The number of hydrogen-bond acceptors (Lipinski definition) is 0. The van der Waals surface area contributed by atoms with E-state index in [1.807, 2.05) is 0 Å². The van der Waals surface area contributed by atoms with Crippen molar-refractivity contribution in [3.05, 3.63) is 114 Å². The van der Waals surface area contributed by atoms with Crippen LogP contribution in [0.5, 0.6) is 0 Å². The lowest BCUT2D eigenvalue weighted by molar-refractivity contribution is 0.633. The van der Waals surface area contributed by atoms with E-state index in [0.717, 1.165) is 6.42 Å². The Morgan fingerprint density at radius 2 is 1.18 bits per heavy atom. The van der Waals surface area contributed by atoms with E-state index in [1.54, 1.807) is 0 Å². The molecular weight excluding hydrogens is 264 g/mol. The molecule has 3 aromatic carbocycles. The summed E-state index contributed by atoms with van der Waals surface area (Å²) in [5.74, 6) is 0. The third-order valence-corrected chi connectivity index (χ3v) is 4.28. The van der Waals surface area contributed by atoms with Gasteiger partial charge >= 0.3 is 0 Å². The molecule has 0 aliphatic carbocycles. The van der Waals surface area contributed by atoms with Crippen LogP contribution in [0.2, 0.25) is 0 Å². The van der Waals surface area contributed by atoms with Crippen LogP contribution < -0.4 is 0 Å². The molecule has 1 radical (unpaired) electrons. The van der Waals surface area contributed by atoms with E-state index >= 15 is 0 Å². The van der Waals surface area contributed by atoms with Gasteiger partial charge in [-0.3, -0.25) is 0 Å². The van der Waals surface area contributed by atoms with Crippen molar-refractivity contribution in [1.82, 2.24) is 0 Å². The van der Waals surface area contributed by atoms with Gasteiger partial charge in [-0.15, -0.1) is 0 Å². The first-order valence-corrected chi connectivity index (χ1v) is 7.70. The SMILES string of the molecule is [CH2]C(Cc1ccccc1)(c1ccccc1)c1ccc(C)cc1. The maximum absolute atomic E-state index is 4.63. The molecule has 0 amide bonds. The topological polar surface area (TPSA) is 0 Å². The van der Waals surface area contributed by atoms with E-state index in [1.165, 1.54) is 22.3 Å². The van der Waals surface area contributed by atoms with Crippen molar-refractivity contribution in [1.29, 1.82) is 0 Å². The molecule has 0 aromatic heterocycles. The molecule has 0 saturated heterocycles. The molecule has 1 atom stereocenters. The standard InChI is InChI=1S/C22H21/c1-18-13-15-21(16-14-18)22(2,20-11-7-4-8-12-20)17-19-9-5-3-6-10-19/h3-16H,2,17H2,1H3. The van der Waals surface area contributed by atoms with E-state index in [-0.39, 0.29) is 5.41 Å². The van der Waals surface area contributed by atoms with E-state index in [4.69, 9.17) is 0 Å². The van der Waals surface area contributed by atoms with Crippen LogP contribution in [0.3, 0.4) is 0 Å². The first kappa shape index (κ1) is 14.6. The maximum atomic E-state index is 4.63. The molecule has 0 fully saturated rings. The minimum atomic E-state index is -0.268. The lowest BCUT2D eigenvalue weighted by atomic mass is 9.72. The highest BCUT2D eigenvalue weighted by atomic mass is 14.3. The Morgan fingerprint density at radius 1 is 0.682 bits per heavy atom. The average Bonchev–Trinajstić information content (AvgIpc) is 2.57. The predicted octanol–water partition coefficient (Wildman–Crippen LogP) is 5.36. The smallest absolute Gasteiger partial charge is 0.0243 e. The molecule has 0 bridgehead atoms. The summed E-state index contributed by atoms with van der Waals surface area (Å²) < 4.78 is 0. The van der Waals surface area contributed by atoms with Crippen LogP contribution in [-0.2, 0) is 11.8 Å². The fourth-order valence-corrected chi connectivity index (χ4v) is 2.94. The molecular formula is C22H21.